The van der Waals surface area contributed by atoms with Crippen LogP contribution in [0.5, 0.6) is 0 Å². The van der Waals surface area contributed by atoms with Crippen molar-refractivity contribution in [1.29, 1.82) is 0 Å². The summed E-state index contributed by atoms with van der Waals surface area (Å²) in [5.74, 6) is 6.67. The second-order valence-electron chi connectivity index (χ2n) is 9.80. The number of nitrogens with zero attached hydrogens (tertiary/aromatic N) is 1. The Balaban J connectivity index is 1.10. The number of aromatic amines is 1. The summed E-state index contributed by atoms with van der Waals surface area (Å²) in [5, 5.41) is 28.4. The molecule has 1 aromatic heterocycles. The molecule has 208 valence electrons. The van der Waals surface area contributed by atoms with Gasteiger partial charge < -0.3 is 30.9 Å². The van der Waals surface area contributed by atoms with Gasteiger partial charge in [-0.3, -0.25) is 19.1 Å². The Bertz CT molecular complexity index is 1180. The molecule has 0 spiro atoms. The number of aliphatic hydroxyl groups is 2. The molecule has 0 unspecified atom stereocenters. The lowest BCUT2D eigenvalue weighted by molar-refractivity contribution is -0.121. The second kappa shape index (κ2) is 13.3. The van der Waals surface area contributed by atoms with Crippen LogP contribution < -0.4 is 27.2 Å². The van der Waals surface area contributed by atoms with Gasteiger partial charge in [0, 0.05) is 43.0 Å². The highest BCUT2D eigenvalue weighted by atomic mass is 32.2. The van der Waals surface area contributed by atoms with Gasteiger partial charge in [-0.15, -0.1) is 0 Å². The summed E-state index contributed by atoms with van der Waals surface area (Å²) in [6.07, 6.45) is 4.19. The number of ether oxygens (including phenoxy) is 1. The number of nitrogens with one attached hydrogen (secondary N) is 4. The Morgan fingerprint density at radius 2 is 2.05 bits per heavy atom. The molecule has 0 bridgehead atoms. The molecule has 4 heterocycles. The summed E-state index contributed by atoms with van der Waals surface area (Å²) in [4.78, 5) is 50.0. The van der Waals surface area contributed by atoms with Crippen LogP contribution in [0.25, 0.3) is 0 Å². The molecule has 13 heteroatoms. The van der Waals surface area contributed by atoms with E-state index in [0.29, 0.717) is 24.6 Å². The fraction of sp³-hybridized carbons (Fsp3) is 0.680. The molecule has 6 atom stereocenters. The topological polar surface area (TPSA) is 175 Å². The largest absolute Gasteiger partial charge is 0.394 e. The van der Waals surface area contributed by atoms with Gasteiger partial charge in [0.05, 0.1) is 24.8 Å². The standard InChI is InChI=1S/C25H35N5O7S/c31-13-18-17(32)11-21(37-18)30-12-15(23(34)29-25(30)36)7-3-1-2-6-10-26-20(33)9-5-4-8-19-22-16(14-38-19)27-24(35)28-22/h12,16-19,21-22,31-32H,1-2,4-6,8-11,13-14H2,(H,26,33)(H2,27,28,35)(H,29,34,36)/t16-,17-,18+,19-,21+,22-/m0/s1. The van der Waals surface area contributed by atoms with Crippen LogP contribution >= 0.6 is 11.8 Å². The Hall–Kier alpha value is -2.79. The van der Waals surface area contributed by atoms with Gasteiger partial charge in [-0.05, 0) is 25.7 Å². The number of amides is 3. The van der Waals surface area contributed by atoms with Gasteiger partial charge in [-0.2, -0.15) is 11.8 Å². The number of rotatable bonds is 11. The zero-order valence-corrected chi connectivity index (χ0v) is 21.9. The summed E-state index contributed by atoms with van der Waals surface area (Å²) in [6.45, 7) is 0.183. The molecular weight excluding hydrogens is 514 g/mol. The summed E-state index contributed by atoms with van der Waals surface area (Å²) >= 11 is 1.88. The first kappa shape index (κ1) is 28.2. The fourth-order valence-corrected chi connectivity index (χ4v) is 6.47. The van der Waals surface area contributed by atoms with E-state index in [2.05, 4.69) is 32.8 Å². The monoisotopic (exact) mass is 549 g/mol. The highest BCUT2D eigenvalue weighted by molar-refractivity contribution is 8.00. The van der Waals surface area contributed by atoms with Crippen LogP contribution in [0.4, 0.5) is 4.79 Å². The zero-order valence-electron chi connectivity index (χ0n) is 21.1. The normalized spacial score (nSPS) is 27.8. The number of hydrogen-bond donors (Lipinski definition) is 6. The second-order valence-corrected chi connectivity index (χ2v) is 11.1. The minimum absolute atomic E-state index is 0.0281. The average Bonchev–Trinajstić information content (AvgIpc) is 3.56. The molecule has 6 N–H and O–H groups in total. The van der Waals surface area contributed by atoms with Crippen LogP contribution in [0.1, 0.15) is 63.2 Å². The first-order valence-electron chi connectivity index (χ1n) is 13.1. The fourth-order valence-electron chi connectivity index (χ4n) is 4.92. The van der Waals surface area contributed by atoms with Crippen molar-refractivity contribution in [3.63, 3.8) is 0 Å². The first-order chi connectivity index (χ1) is 18.4. The van der Waals surface area contributed by atoms with E-state index in [1.165, 1.54) is 10.8 Å². The van der Waals surface area contributed by atoms with Gasteiger partial charge in [0.25, 0.3) is 5.56 Å². The van der Waals surface area contributed by atoms with Crippen LogP contribution in [0.3, 0.4) is 0 Å². The number of aliphatic hydroxyl groups excluding tert-OH is 2. The minimum atomic E-state index is -0.905. The molecule has 1 aromatic rings. The number of carbonyl (C=O) groups excluding carboxylic acids is 2. The predicted octanol–water partition coefficient (Wildman–Crippen LogP) is -0.459. The maximum absolute atomic E-state index is 12.2. The number of urea groups is 1. The lowest BCUT2D eigenvalue weighted by atomic mass is 10.0. The van der Waals surface area contributed by atoms with Crippen LogP contribution in [0.2, 0.25) is 0 Å². The lowest BCUT2D eigenvalue weighted by Gasteiger charge is -2.16. The van der Waals surface area contributed by atoms with Crippen molar-refractivity contribution in [2.45, 2.75) is 87.1 Å². The summed E-state index contributed by atoms with van der Waals surface area (Å²) in [5.41, 5.74) is -1.15. The lowest BCUT2D eigenvalue weighted by Crippen LogP contribution is -2.36. The van der Waals surface area contributed by atoms with E-state index in [0.717, 1.165) is 37.9 Å². The molecule has 38 heavy (non-hydrogen) atoms. The minimum Gasteiger partial charge on any atom is -0.394 e. The van der Waals surface area contributed by atoms with Crippen molar-refractivity contribution in [2.75, 3.05) is 18.9 Å². The third-order valence-corrected chi connectivity index (χ3v) is 8.53. The van der Waals surface area contributed by atoms with E-state index in [4.69, 9.17) is 4.74 Å². The number of fused-ring (bicyclic) bond motifs is 1. The predicted molar refractivity (Wildman–Crippen MR) is 141 cm³/mol. The van der Waals surface area contributed by atoms with E-state index in [1.54, 1.807) is 0 Å². The van der Waals surface area contributed by atoms with E-state index in [1.807, 2.05) is 11.8 Å². The summed E-state index contributed by atoms with van der Waals surface area (Å²) in [6, 6.07) is 0.344. The Kier molecular flexibility index (Phi) is 9.90. The molecule has 0 radical (unpaired) electrons. The van der Waals surface area contributed by atoms with Gasteiger partial charge in [0.15, 0.2) is 0 Å². The van der Waals surface area contributed by atoms with E-state index < -0.39 is 29.7 Å². The van der Waals surface area contributed by atoms with Gasteiger partial charge in [0.2, 0.25) is 5.91 Å². The molecule has 0 aromatic carbocycles. The average molecular weight is 550 g/mol. The smallest absolute Gasteiger partial charge is 0.330 e. The molecule has 0 aliphatic carbocycles. The number of thioether (sulfide) groups is 1. The molecule has 3 fully saturated rings. The first-order valence-corrected chi connectivity index (χ1v) is 14.1. The third kappa shape index (κ3) is 7.19. The number of carbonyl (C=O) groups is 2. The summed E-state index contributed by atoms with van der Waals surface area (Å²) < 4.78 is 6.66. The maximum Gasteiger partial charge on any atom is 0.330 e. The quantitative estimate of drug-likeness (QED) is 0.122. The van der Waals surface area contributed by atoms with Crippen molar-refractivity contribution in [2.24, 2.45) is 0 Å². The third-order valence-electron chi connectivity index (χ3n) is 7.02. The Morgan fingerprint density at radius 1 is 1.21 bits per heavy atom. The van der Waals surface area contributed by atoms with Crippen molar-refractivity contribution in [3.8, 4) is 11.8 Å². The number of unbranched alkanes of at least 4 members (excludes halogenated alkanes) is 3. The molecule has 12 nitrogen and oxygen atoms in total. The number of H-pyrrole nitrogens is 1. The van der Waals surface area contributed by atoms with Crippen molar-refractivity contribution < 1.29 is 24.5 Å². The maximum atomic E-state index is 12.2. The molecule has 3 aliphatic rings. The Morgan fingerprint density at radius 3 is 2.84 bits per heavy atom. The molecule has 3 aliphatic heterocycles. The highest BCUT2D eigenvalue weighted by Gasteiger charge is 2.42. The van der Waals surface area contributed by atoms with E-state index in [9.17, 15) is 29.4 Å². The molecule has 0 saturated carbocycles. The number of aromatic nitrogens is 2. The van der Waals surface area contributed by atoms with Crippen LogP contribution in [0.15, 0.2) is 15.8 Å². The Labute approximate surface area is 224 Å². The molecular formula is C25H35N5O7S. The summed E-state index contributed by atoms with van der Waals surface area (Å²) in [7, 11) is 0. The molecule has 4 rings (SSSR count). The van der Waals surface area contributed by atoms with Crippen LogP contribution in [-0.4, -0.2) is 80.1 Å². The molecule has 3 amide bonds. The van der Waals surface area contributed by atoms with E-state index in [-0.39, 0.29) is 42.6 Å². The van der Waals surface area contributed by atoms with Gasteiger partial charge >= 0.3 is 11.7 Å². The van der Waals surface area contributed by atoms with Crippen molar-refractivity contribution in [3.05, 3.63) is 32.6 Å². The van der Waals surface area contributed by atoms with Crippen LogP contribution in [0, 0.1) is 11.8 Å². The number of hydrogen-bond acceptors (Lipinski definition) is 8. The van der Waals surface area contributed by atoms with Gasteiger partial charge in [-0.25, -0.2) is 9.59 Å². The van der Waals surface area contributed by atoms with Crippen LogP contribution in [-0.2, 0) is 9.53 Å². The van der Waals surface area contributed by atoms with Gasteiger partial charge in [0.1, 0.15) is 17.9 Å². The highest BCUT2D eigenvalue weighted by Crippen LogP contribution is 2.33. The van der Waals surface area contributed by atoms with Crippen molar-refractivity contribution >= 4 is 23.7 Å². The van der Waals surface area contributed by atoms with Crippen molar-refractivity contribution in [1.82, 2.24) is 25.5 Å². The van der Waals surface area contributed by atoms with E-state index >= 15 is 0 Å². The molecule has 3 saturated heterocycles. The SMILES string of the molecule is O=C(CCCC[C@@H]1SC[C@@H]2NC(=O)N[C@@H]21)NCCCCC#Cc1cn([C@H]2C[C@H](O)[C@@H](CO)O2)c(=O)[nH]c1=O. The van der Waals surface area contributed by atoms with Gasteiger partial charge in [-0.1, -0.05) is 18.3 Å². The zero-order chi connectivity index (χ0) is 27.1.